The average Bonchev–Trinajstić information content (AvgIpc) is 2.53. The first-order valence-corrected chi connectivity index (χ1v) is 8.76. The second kappa shape index (κ2) is 6.14. The minimum atomic E-state index is -3.53. The van der Waals surface area contributed by atoms with Crippen LogP contribution in [0.4, 0.5) is 5.69 Å². The van der Waals surface area contributed by atoms with E-state index in [1.165, 1.54) is 6.42 Å². The topological polar surface area (TPSA) is 72.2 Å². The lowest BCUT2D eigenvalue weighted by atomic mass is 10.0. The maximum absolute atomic E-state index is 12.5. The Bertz CT molecular complexity index is 549. The minimum Gasteiger partial charge on any atom is -0.398 e. The molecule has 0 radical (unpaired) electrons. The molecular formula is C15H24N2O2S. The summed E-state index contributed by atoms with van der Waals surface area (Å²) >= 11 is 0. The molecule has 1 aliphatic rings. The molecule has 0 bridgehead atoms. The van der Waals surface area contributed by atoms with Crippen LogP contribution in [0.5, 0.6) is 0 Å². The minimum absolute atomic E-state index is 0.0314. The Hall–Kier alpha value is -1.07. The number of hydrogen-bond donors (Lipinski definition) is 2. The first-order valence-electron chi connectivity index (χ1n) is 7.27. The van der Waals surface area contributed by atoms with Crippen LogP contribution in [0.15, 0.2) is 23.1 Å². The van der Waals surface area contributed by atoms with Gasteiger partial charge in [0, 0.05) is 6.04 Å². The fourth-order valence-corrected chi connectivity index (χ4v) is 4.59. The van der Waals surface area contributed by atoms with Crippen molar-refractivity contribution in [1.29, 1.82) is 0 Å². The summed E-state index contributed by atoms with van der Waals surface area (Å²) in [6.45, 7) is 4.01. The lowest BCUT2D eigenvalue weighted by Crippen LogP contribution is -2.35. The maximum atomic E-state index is 12.5. The van der Waals surface area contributed by atoms with Crippen LogP contribution in [0.25, 0.3) is 0 Å². The van der Waals surface area contributed by atoms with E-state index in [1.807, 2.05) is 0 Å². The van der Waals surface area contributed by atoms with Crippen molar-refractivity contribution in [2.75, 3.05) is 5.73 Å². The Balaban J connectivity index is 2.19. The molecule has 3 N–H and O–H groups in total. The molecule has 20 heavy (non-hydrogen) atoms. The summed E-state index contributed by atoms with van der Waals surface area (Å²) in [6.07, 6.45) is 5.17. The molecular weight excluding hydrogens is 272 g/mol. The average molecular weight is 296 g/mol. The van der Waals surface area contributed by atoms with Crippen molar-refractivity contribution >= 4 is 15.7 Å². The van der Waals surface area contributed by atoms with Gasteiger partial charge in [-0.05, 0) is 43.7 Å². The van der Waals surface area contributed by atoms with Crippen LogP contribution in [0, 0.1) is 12.8 Å². The van der Waals surface area contributed by atoms with Crippen LogP contribution in [-0.4, -0.2) is 14.5 Å². The number of anilines is 1. The standard InChI is InChI=1S/C15H24N2O2S/c1-11-5-3-7-13(10-9-11)17-20(18,19)15-12(2)6-4-8-14(15)16/h4,6,8,11,13,17H,3,5,7,9-10,16H2,1-2H3. The Morgan fingerprint density at radius 1 is 1.20 bits per heavy atom. The van der Waals surface area contributed by atoms with Gasteiger partial charge in [0.1, 0.15) is 4.90 Å². The molecule has 2 rings (SSSR count). The summed E-state index contributed by atoms with van der Waals surface area (Å²) < 4.78 is 27.9. The molecule has 2 atom stereocenters. The fourth-order valence-electron chi connectivity index (χ4n) is 2.93. The third-order valence-electron chi connectivity index (χ3n) is 4.09. The molecule has 0 spiro atoms. The number of nitrogens with one attached hydrogen (secondary N) is 1. The fraction of sp³-hybridized carbons (Fsp3) is 0.600. The van der Waals surface area contributed by atoms with Gasteiger partial charge in [-0.3, -0.25) is 0 Å². The number of nitrogen functional groups attached to an aromatic ring is 1. The predicted octanol–water partition coefficient (Wildman–Crippen LogP) is 2.82. The molecule has 0 aliphatic heterocycles. The lowest BCUT2D eigenvalue weighted by Gasteiger charge is -2.18. The van der Waals surface area contributed by atoms with Crippen molar-refractivity contribution in [3.63, 3.8) is 0 Å². The van der Waals surface area contributed by atoms with Crippen LogP contribution in [-0.2, 0) is 10.0 Å². The van der Waals surface area contributed by atoms with E-state index in [-0.39, 0.29) is 10.9 Å². The van der Waals surface area contributed by atoms with Gasteiger partial charge in [0.2, 0.25) is 10.0 Å². The van der Waals surface area contributed by atoms with E-state index in [9.17, 15) is 8.42 Å². The van der Waals surface area contributed by atoms with Crippen molar-refractivity contribution in [3.8, 4) is 0 Å². The van der Waals surface area contributed by atoms with Gasteiger partial charge in [-0.2, -0.15) is 0 Å². The molecule has 1 aliphatic carbocycles. The highest BCUT2D eigenvalue weighted by molar-refractivity contribution is 7.89. The van der Waals surface area contributed by atoms with Gasteiger partial charge in [0.15, 0.2) is 0 Å². The molecule has 0 amide bonds. The number of benzene rings is 1. The summed E-state index contributed by atoms with van der Waals surface area (Å²) in [6, 6.07) is 5.22. The van der Waals surface area contributed by atoms with Gasteiger partial charge >= 0.3 is 0 Å². The molecule has 1 saturated carbocycles. The molecule has 1 fully saturated rings. The molecule has 0 heterocycles. The number of sulfonamides is 1. The third-order valence-corrected chi connectivity index (χ3v) is 5.83. The predicted molar refractivity (Wildman–Crippen MR) is 81.9 cm³/mol. The van der Waals surface area contributed by atoms with Crippen LogP contribution in [0.3, 0.4) is 0 Å². The first-order chi connectivity index (χ1) is 9.40. The Morgan fingerprint density at radius 2 is 1.95 bits per heavy atom. The Kier molecular flexibility index (Phi) is 4.70. The smallest absolute Gasteiger partial charge is 0.243 e. The quantitative estimate of drug-likeness (QED) is 0.665. The second-order valence-electron chi connectivity index (χ2n) is 5.92. The van der Waals surface area contributed by atoms with E-state index < -0.39 is 10.0 Å². The van der Waals surface area contributed by atoms with Gasteiger partial charge in [0.25, 0.3) is 0 Å². The van der Waals surface area contributed by atoms with Crippen molar-refractivity contribution in [2.45, 2.75) is 56.9 Å². The molecule has 2 unspecified atom stereocenters. The van der Waals surface area contributed by atoms with Crippen LogP contribution < -0.4 is 10.5 Å². The molecule has 1 aromatic carbocycles. The van der Waals surface area contributed by atoms with Gasteiger partial charge in [-0.25, -0.2) is 13.1 Å². The van der Waals surface area contributed by atoms with E-state index in [1.54, 1.807) is 25.1 Å². The molecule has 5 heteroatoms. The zero-order chi connectivity index (χ0) is 14.8. The monoisotopic (exact) mass is 296 g/mol. The number of rotatable bonds is 3. The summed E-state index contributed by atoms with van der Waals surface area (Å²) in [4.78, 5) is 0.234. The van der Waals surface area contributed by atoms with Gasteiger partial charge < -0.3 is 5.73 Å². The molecule has 1 aromatic rings. The van der Waals surface area contributed by atoms with E-state index in [2.05, 4.69) is 11.6 Å². The van der Waals surface area contributed by atoms with E-state index in [0.717, 1.165) is 25.7 Å². The highest BCUT2D eigenvalue weighted by Gasteiger charge is 2.25. The summed E-state index contributed by atoms with van der Waals surface area (Å²) in [5.41, 5.74) is 6.86. The summed E-state index contributed by atoms with van der Waals surface area (Å²) in [5, 5.41) is 0. The molecule has 0 saturated heterocycles. The van der Waals surface area contributed by atoms with Gasteiger partial charge in [-0.15, -0.1) is 0 Å². The van der Waals surface area contributed by atoms with Gasteiger partial charge in [0.05, 0.1) is 5.69 Å². The van der Waals surface area contributed by atoms with Crippen LogP contribution >= 0.6 is 0 Å². The highest BCUT2D eigenvalue weighted by Crippen LogP contribution is 2.26. The first kappa shape index (κ1) is 15.3. The van der Waals surface area contributed by atoms with Crippen molar-refractivity contribution in [2.24, 2.45) is 5.92 Å². The highest BCUT2D eigenvalue weighted by atomic mass is 32.2. The zero-order valence-electron chi connectivity index (χ0n) is 12.2. The Labute approximate surface area is 121 Å². The SMILES string of the molecule is Cc1cccc(N)c1S(=O)(=O)NC1CCCC(C)CC1. The largest absolute Gasteiger partial charge is 0.398 e. The zero-order valence-corrected chi connectivity index (χ0v) is 13.0. The molecule has 4 nitrogen and oxygen atoms in total. The lowest BCUT2D eigenvalue weighted by molar-refractivity contribution is 0.484. The Morgan fingerprint density at radius 3 is 2.65 bits per heavy atom. The number of hydrogen-bond acceptors (Lipinski definition) is 3. The van der Waals surface area contributed by atoms with Crippen molar-refractivity contribution in [3.05, 3.63) is 23.8 Å². The normalized spacial score (nSPS) is 24.3. The van der Waals surface area contributed by atoms with Gasteiger partial charge in [-0.1, -0.05) is 31.9 Å². The second-order valence-corrected chi connectivity index (χ2v) is 7.58. The molecule has 0 aromatic heterocycles. The van der Waals surface area contributed by atoms with Crippen LogP contribution in [0.2, 0.25) is 0 Å². The van der Waals surface area contributed by atoms with Crippen molar-refractivity contribution in [1.82, 2.24) is 4.72 Å². The van der Waals surface area contributed by atoms with E-state index in [4.69, 9.17) is 5.73 Å². The number of aryl methyl sites for hydroxylation is 1. The van der Waals surface area contributed by atoms with E-state index in [0.29, 0.717) is 17.2 Å². The third kappa shape index (κ3) is 3.52. The maximum Gasteiger partial charge on any atom is 0.243 e. The van der Waals surface area contributed by atoms with E-state index >= 15 is 0 Å². The van der Waals surface area contributed by atoms with Crippen molar-refractivity contribution < 1.29 is 8.42 Å². The summed E-state index contributed by atoms with van der Waals surface area (Å²) in [7, 11) is -3.53. The number of nitrogens with two attached hydrogens (primary N) is 1. The summed E-state index contributed by atoms with van der Waals surface area (Å²) in [5.74, 6) is 0.688. The molecule has 112 valence electrons. The van der Waals surface area contributed by atoms with Crippen LogP contribution in [0.1, 0.15) is 44.6 Å².